The Balaban J connectivity index is 1.82. The van der Waals surface area contributed by atoms with Gasteiger partial charge in [0.25, 0.3) is 0 Å². The molecule has 2 amide bonds. The maximum absolute atomic E-state index is 12.6. The Bertz CT molecular complexity index is 712. The molecule has 2 aromatic heterocycles. The summed E-state index contributed by atoms with van der Waals surface area (Å²) in [5.74, 6) is 0.677. The maximum atomic E-state index is 12.6. The summed E-state index contributed by atoms with van der Waals surface area (Å²) >= 11 is 0. The van der Waals surface area contributed by atoms with E-state index in [0.29, 0.717) is 5.76 Å². The van der Waals surface area contributed by atoms with Crippen LogP contribution in [0.15, 0.2) is 41.3 Å². The topological polar surface area (TPSA) is 102 Å². The summed E-state index contributed by atoms with van der Waals surface area (Å²) in [6, 6.07) is 4.48. The molecule has 2 aromatic rings. The van der Waals surface area contributed by atoms with Gasteiger partial charge in [-0.25, -0.2) is 4.79 Å². The third-order valence-corrected chi connectivity index (χ3v) is 3.79. The normalized spacial score (nSPS) is 15.0. The fraction of sp³-hybridized carbons (Fsp3) is 0.333. The van der Waals surface area contributed by atoms with E-state index >= 15 is 0 Å². The van der Waals surface area contributed by atoms with Gasteiger partial charge in [-0.3, -0.25) is 15.1 Å². The number of urea groups is 1. The molecule has 8 heteroatoms. The molecule has 1 fully saturated rings. The van der Waals surface area contributed by atoms with Crippen molar-refractivity contribution in [3.8, 4) is 0 Å². The predicted octanol–water partition coefficient (Wildman–Crippen LogP) is 3.34. The Morgan fingerprint density at radius 2 is 2.30 bits per heavy atom. The molecule has 23 heavy (non-hydrogen) atoms. The number of nitrogens with zero attached hydrogens (tertiary/aromatic N) is 3. The zero-order valence-corrected chi connectivity index (χ0v) is 12.5. The van der Waals surface area contributed by atoms with Crippen molar-refractivity contribution in [2.45, 2.75) is 31.8 Å². The largest absolute Gasteiger partial charge is 0.467 e. The monoisotopic (exact) mass is 316 g/mol. The molecule has 0 radical (unpaired) electrons. The number of amides is 2. The van der Waals surface area contributed by atoms with Crippen molar-refractivity contribution in [2.24, 2.45) is 0 Å². The summed E-state index contributed by atoms with van der Waals surface area (Å²) in [6.07, 6.45) is 5.91. The Morgan fingerprint density at radius 3 is 2.91 bits per heavy atom. The lowest BCUT2D eigenvalue weighted by Crippen LogP contribution is -2.38. The average molecular weight is 316 g/mol. The van der Waals surface area contributed by atoms with Gasteiger partial charge in [0.15, 0.2) is 0 Å². The Labute approximate surface area is 132 Å². The number of pyridine rings is 1. The zero-order chi connectivity index (χ0) is 16.4. The van der Waals surface area contributed by atoms with E-state index in [0.717, 1.165) is 19.0 Å². The molecule has 3 rings (SSSR count). The molecular weight excluding hydrogens is 300 g/mol. The average Bonchev–Trinajstić information content (AvgIpc) is 3.19. The van der Waals surface area contributed by atoms with Gasteiger partial charge in [-0.1, -0.05) is 0 Å². The summed E-state index contributed by atoms with van der Waals surface area (Å²) in [5.41, 5.74) is -0.102. The lowest BCUT2D eigenvalue weighted by atomic mass is 10.2. The van der Waals surface area contributed by atoms with Crippen LogP contribution >= 0.6 is 0 Å². The van der Waals surface area contributed by atoms with E-state index in [9.17, 15) is 14.9 Å². The van der Waals surface area contributed by atoms with Gasteiger partial charge in [0.2, 0.25) is 0 Å². The highest BCUT2D eigenvalue weighted by molar-refractivity contribution is 5.92. The summed E-state index contributed by atoms with van der Waals surface area (Å²) in [7, 11) is 0. The van der Waals surface area contributed by atoms with Crippen molar-refractivity contribution in [2.75, 3.05) is 5.32 Å². The number of carbonyl (C=O) groups excluding carboxylic acids is 1. The van der Waals surface area contributed by atoms with Gasteiger partial charge in [0.05, 0.1) is 17.2 Å². The number of nitrogens with one attached hydrogen (secondary N) is 1. The zero-order valence-electron chi connectivity index (χ0n) is 12.5. The number of rotatable bonds is 5. The van der Waals surface area contributed by atoms with Gasteiger partial charge in [-0.05, 0) is 38.0 Å². The molecule has 8 nitrogen and oxygen atoms in total. The molecule has 1 saturated carbocycles. The molecule has 0 bridgehead atoms. The van der Waals surface area contributed by atoms with E-state index in [1.165, 1.54) is 12.3 Å². The van der Waals surface area contributed by atoms with Gasteiger partial charge in [0.1, 0.15) is 17.6 Å². The van der Waals surface area contributed by atoms with Crippen LogP contribution in [0.4, 0.5) is 16.2 Å². The van der Waals surface area contributed by atoms with Crippen molar-refractivity contribution in [1.82, 2.24) is 9.88 Å². The van der Waals surface area contributed by atoms with E-state index in [2.05, 4.69) is 10.3 Å². The molecule has 2 heterocycles. The maximum Gasteiger partial charge on any atom is 0.322 e. The van der Waals surface area contributed by atoms with E-state index < -0.39 is 4.92 Å². The molecule has 0 unspecified atom stereocenters. The first-order chi connectivity index (χ1) is 11.1. The van der Waals surface area contributed by atoms with Gasteiger partial charge in [-0.15, -0.1) is 0 Å². The number of hydrogen-bond donors (Lipinski definition) is 1. The summed E-state index contributed by atoms with van der Waals surface area (Å²) in [6.45, 7) is 1.87. The van der Waals surface area contributed by atoms with E-state index in [1.54, 1.807) is 17.2 Å². The molecule has 1 N–H and O–H groups in total. The highest BCUT2D eigenvalue weighted by Gasteiger charge is 2.37. The molecular formula is C15H16N4O4. The molecule has 0 spiro atoms. The summed E-state index contributed by atoms with van der Waals surface area (Å²) in [5, 5.41) is 13.6. The smallest absolute Gasteiger partial charge is 0.322 e. The Morgan fingerprint density at radius 1 is 1.52 bits per heavy atom. The lowest BCUT2D eigenvalue weighted by Gasteiger charge is -2.28. The fourth-order valence-electron chi connectivity index (χ4n) is 2.49. The SMILES string of the molecule is C[C@@H](c1ccco1)N(C(=O)Nc1ccncc1[N+](=O)[O-])C1CC1. The number of carbonyl (C=O) groups is 1. The van der Waals surface area contributed by atoms with Crippen molar-refractivity contribution < 1.29 is 14.1 Å². The first kappa shape index (κ1) is 15.0. The van der Waals surface area contributed by atoms with Crippen LogP contribution in [0, 0.1) is 10.1 Å². The second-order valence-corrected chi connectivity index (χ2v) is 5.41. The third kappa shape index (κ3) is 3.15. The second-order valence-electron chi connectivity index (χ2n) is 5.41. The minimum atomic E-state index is -0.569. The van der Waals surface area contributed by atoms with E-state index in [4.69, 9.17) is 4.42 Å². The lowest BCUT2D eigenvalue weighted by molar-refractivity contribution is -0.384. The van der Waals surface area contributed by atoms with E-state index in [-0.39, 0.29) is 29.5 Å². The molecule has 1 aliphatic carbocycles. The number of aromatic nitrogens is 1. The Hall–Kier alpha value is -2.90. The molecule has 1 aliphatic rings. The van der Waals surface area contributed by atoms with Crippen LogP contribution in [0.2, 0.25) is 0 Å². The quantitative estimate of drug-likeness (QED) is 0.673. The van der Waals surface area contributed by atoms with Crippen molar-refractivity contribution in [3.05, 3.63) is 52.7 Å². The summed E-state index contributed by atoms with van der Waals surface area (Å²) in [4.78, 5) is 28.5. The van der Waals surface area contributed by atoms with Gasteiger partial charge >= 0.3 is 11.7 Å². The molecule has 0 saturated heterocycles. The first-order valence-corrected chi connectivity index (χ1v) is 7.29. The Kier molecular flexibility index (Phi) is 3.96. The molecule has 1 atom stereocenters. The molecule has 0 aromatic carbocycles. The van der Waals surface area contributed by atoms with Gasteiger partial charge < -0.3 is 14.6 Å². The number of nitro groups is 1. The van der Waals surface area contributed by atoms with Crippen molar-refractivity contribution in [1.29, 1.82) is 0 Å². The highest BCUT2D eigenvalue weighted by atomic mass is 16.6. The van der Waals surface area contributed by atoms with Crippen LogP contribution < -0.4 is 5.32 Å². The minimum Gasteiger partial charge on any atom is -0.467 e. The van der Waals surface area contributed by atoms with Crippen LogP contribution in [0.1, 0.15) is 31.6 Å². The van der Waals surface area contributed by atoms with E-state index in [1.807, 2.05) is 13.0 Å². The number of anilines is 1. The molecule has 0 aliphatic heterocycles. The van der Waals surface area contributed by atoms with Gasteiger partial charge in [0, 0.05) is 12.2 Å². The van der Waals surface area contributed by atoms with Crippen molar-refractivity contribution in [3.63, 3.8) is 0 Å². The first-order valence-electron chi connectivity index (χ1n) is 7.29. The van der Waals surface area contributed by atoms with Crippen LogP contribution in [0.25, 0.3) is 0 Å². The number of hydrogen-bond acceptors (Lipinski definition) is 5. The number of furan rings is 1. The van der Waals surface area contributed by atoms with Crippen LogP contribution in [-0.2, 0) is 0 Å². The summed E-state index contributed by atoms with van der Waals surface area (Å²) < 4.78 is 5.38. The van der Waals surface area contributed by atoms with Crippen LogP contribution in [0.5, 0.6) is 0 Å². The van der Waals surface area contributed by atoms with Gasteiger partial charge in [-0.2, -0.15) is 0 Å². The minimum absolute atomic E-state index is 0.121. The predicted molar refractivity (Wildman–Crippen MR) is 81.9 cm³/mol. The van der Waals surface area contributed by atoms with Crippen LogP contribution in [0.3, 0.4) is 0 Å². The standard InChI is InChI=1S/C15H16N4O4/c1-10(14-3-2-8-23-14)18(11-4-5-11)15(20)17-12-6-7-16-9-13(12)19(21)22/h2-3,6-11H,4-5H2,1H3,(H,16,17,20)/t10-/m0/s1. The fourth-order valence-corrected chi connectivity index (χ4v) is 2.49. The van der Waals surface area contributed by atoms with Crippen molar-refractivity contribution >= 4 is 17.4 Å². The highest BCUT2D eigenvalue weighted by Crippen LogP contribution is 2.35. The third-order valence-electron chi connectivity index (χ3n) is 3.79. The second kappa shape index (κ2) is 6.07. The van der Waals surface area contributed by atoms with Crippen LogP contribution in [-0.4, -0.2) is 26.9 Å². The molecule has 120 valence electrons.